The minimum absolute atomic E-state index is 0.235. The van der Waals surface area contributed by atoms with Crippen LogP contribution in [0.4, 0.5) is 4.39 Å². The fourth-order valence-electron chi connectivity index (χ4n) is 5.06. The molecule has 1 saturated heterocycles. The molecule has 0 bridgehead atoms. The molecular formula is C26H37FN6O2. The molecule has 1 atom stereocenters. The van der Waals surface area contributed by atoms with E-state index < -0.39 is 11.2 Å². The maximum Gasteiger partial charge on any atom is 0.164 e. The zero-order chi connectivity index (χ0) is 24.6. The van der Waals surface area contributed by atoms with E-state index in [4.69, 9.17) is 9.47 Å². The highest BCUT2D eigenvalue weighted by Gasteiger charge is 2.39. The third-order valence-corrected chi connectivity index (χ3v) is 7.28. The third-order valence-electron chi connectivity index (χ3n) is 7.28. The van der Waals surface area contributed by atoms with Crippen molar-refractivity contribution in [1.82, 2.24) is 26.3 Å². The van der Waals surface area contributed by atoms with Crippen molar-refractivity contribution in [3.8, 4) is 6.07 Å². The number of halogens is 1. The Morgan fingerprint density at radius 2 is 2.00 bits per heavy atom. The molecule has 3 heterocycles. The van der Waals surface area contributed by atoms with Gasteiger partial charge in [0, 0.05) is 63.5 Å². The largest absolute Gasteiger partial charge is 0.383 e. The van der Waals surface area contributed by atoms with Gasteiger partial charge in [0.1, 0.15) is 5.83 Å². The summed E-state index contributed by atoms with van der Waals surface area (Å²) in [6.45, 7) is 3.17. The van der Waals surface area contributed by atoms with Crippen LogP contribution in [-0.2, 0) is 9.47 Å². The lowest BCUT2D eigenvalue weighted by Crippen LogP contribution is -2.68. The number of methoxy groups -OCH3 is 1. The van der Waals surface area contributed by atoms with Gasteiger partial charge in [0.2, 0.25) is 0 Å². The highest BCUT2D eigenvalue weighted by atomic mass is 19.1. The van der Waals surface area contributed by atoms with Crippen molar-refractivity contribution in [2.24, 2.45) is 5.41 Å². The number of nitriles is 1. The average molecular weight is 485 g/mol. The van der Waals surface area contributed by atoms with Gasteiger partial charge in [-0.15, -0.1) is 0 Å². The predicted octanol–water partition coefficient (Wildman–Crippen LogP) is 2.58. The third kappa shape index (κ3) is 6.66. The Morgan fingerprint density at radius 1 is 1.23 bits per heavy atom. The van der Waals surface area contributed by atoms with E-state index in [2.05, 4.69) is 32.3 Å². The topological polar surface area (TPSA) is 103 Å². The lowest BCUT2D eigenvalue weighted by Gasteiger charge is -2.43. The predicted molar refractivity (Wildman–Crippen MR) is 132 cm³/mol. The molecule has 0 aromatic carbocycles. The highest BCUT2D eigenvalue weighted by Crippen LogP contribution is 2.32. The van der Waals surface area contributed by atoms with Crippen LogP contribution in [0.15, 0.2) is 42.5 Å². The van der Waals surface area contributed by atoms with Crippen molar-refractivity contribution in [1.29, 1.82) is 5.26 Å². The summed E-state index contributed by atoms with van der Waals surface area (Å²) in [7, 11) is 1.72. The van der Waals surface area contributed by atoms with Gasteiger partial charge in [0.25, 0.3) is 0 Å². The van der Waals surface area contributed by atoms with Crippen LogP contribution in [0.1, 0.15) is 44.2 Å². The van der Waals surface area contributed by atoms with Gasteiger partial charge in [-0.3, -0.25) is 15.6 Å². The summed E-state index contributed by atoms with van der Waals surface area (Å²) in [5.41, 5.74) is 0.482. The smallest absolute Gasteiger partial charge is 0.164 e. The summed E-state index contributed by atoms with van der Waals surface area (Å²) in [6, 6.07) is 8.71. The molecule has 2 fully saturated rings. The summed E-state index contributed by atoms with van der Waals surface area (Å²) in [6.07, 6.45) is 10.3. The molecule has 1 saturated carbocycles. The minimum Gasteiger partial charge on any atom is -0.383 e. The number of allylic oxidation sites excluding steroid dienone is 2. The minimum atomic E-state index is -0.897. The summed E-state index contributed by atoms with van der Waals surface area (Å²) in [4.78, 5) is 4.37. The first-order chi connectivity index (χ1) is 17.1. The van der Waals surface area contributed by atoms with Crippen molar-refractivity contribution in [2.45, 2.75) is 56.4 Å². The van der Waals surface area contributed by atoms with Crippen molar-refractivity contribution in [3.05, 3.63) is 48.2 Å². The molecule has 0 amide bonds. The average Bonchev–Trinajstić information content (AvgIpc) is 2.91. The lowest BCUT2D eigenvalue weighted by atomic mass is 9.81. The van der Waals surface area contributed by atoms with Crippen LogP contribution in [0.3, 0.4) is 0 Å². The molecule has 35 heavy (non-hydrogen) atoms. The van der Waals surface area contributed by atoms with E-state index in [1.807, 2.05) is 24.3 Å². The Balaban J connectivity index is 1.51. The molecule has 4 N–H and O–H groups in total. The van der Waals surface area contributed by atoms with Gasteiger partial charge in [0.15, 0.2) is 5.79 Å². The fourth-order valence-corrected chi connectivity index (χ4v) is 5.06. The van der Waals surface area contributed by atoms with Crippen LogP contribution in [-0.4, -0.2) is 62.9 Å². The highest BCUT2D eigenvalue weighted by molar-refractivity contribution is 5.76. The maximum absolute atomic E-state index is 14.9. The van der Waals surface area contributed by atoms with Gasteiger partial charge in [0.05, 0.1) is 23.8 Å². The summed E-state index contributed by atoms with van der Waals surface area (Å²) >= 11 is 0. The normalized spacial score (nSPS) is 28.4. The van der Waals surface area contributed by atoms with Crippen LogP contribution >= 0.6 is 0 Å². The molecular weight excluding hydrogens is 447 g/mol. The molecule has 3 aliphatic rings. The second kappa shape index (κ2) is 12.1. The van der Waals surface area contributed by atoms with Gasteiger partial charge in [-0.1, -0.05) is 6.07 Å². The number of aromatic nitrogens is 1. The van der Waals surface area contributed by atoms with E-state index >= 15 is 0 Å². The van der Waals surface area contributed by atoms with Gasteiger partial charge < -0.3 is 20.1 Å². The molecule has 9 heteroatoms. The summed E-state index contributed by atoms with van der Waals surface area (Å²) in [5, 5.41) is 24.1. The van der Waals surface area contributed by atoms with Crippen LogP contribution in [0, 0.1) is 16.7 Å². The zero-order valence-electron chi connectivity index (χ0n) is 20.5. The van der Waals surface area contributed by atoms with Crippen molar-refractivity contribution < 1.29 is 13.9 Å². The van der Waals surface area contributed by atoms with Gasteiger partial charge >= 0.3 is 0 Å². The quantitative estimate of drug-likeness (QED) is 0.297. The summed E-state index contributed by atoms with van der Waals surface area (Å²) < 4.78 is 25.6. The standard InChI is InChI=1S/C26H37FN6O2/c1-34-15-12-29-20-5-7-21(8-6-20)33-26(32-19-25(18-28)9-13-35-14-10-25)16-22(23(27)17-31-26)24-4-2-3-11-30-24/h2-4,11,16-17,20-21,29,31-33H,5-10,12-15,19H2,1H3. The molecule has 190 valence electrons. The molecule has 1 aromatic rings. The molecule has 1 aromatic heterocycles. The number of nitrogens with one attached hydrogen (secondary N) is 4. The van der Waals surface area contributed by atoms with Gasteiger partial charge in [-0.25, -0.2) is 4.39 Å². The number of rotatable bonds is 10. The first-order valence-corrected chi connectivity index (χ1v) is 12.6. The van der Waals surface area contributed by atoms with Crippen LogP contribution in [0.5, 0.6) is 0 Å². The van der Waals surface area contributed by atoms with Crippen LogP contribution in [0.25, 0.3) is 5.57 Å². The van der Waals surface area contributed by atoms with E-state index in [0.717, 1.165) is 32.2 Å². The first kappa shape index (κ1) is 25.7. The molecule has 2 aliphatic heterocycles. The van der Waals surface area contributed by atoms with E-state index in [9.17, 15) is 9.65 Å². The molecule has 0 spiro atoms. The van der Waals surface area contributed by atoms with E-state index in [-0.39, 0.29) is 11.9 Å². The Labute approximate surface area is 207 Å². The molecule has 1 aliphatic carbocycles. The van der Waals surface area contributed by atoms with Crippen molar-refractivity contribution >= 4 is 5.57 Å². The molecule has 0 radical (unpaired) electrons. The van der Waals surface area contributed by atoms with Crippen molar-refractivity contribution in [2.75, 3.05) is 40.0 Å². The number of ether oxygens (including phenoxy) is 2. The molecule has 4 rings (SSSR count). The number of pyridine rings is 1. The van der Waals surface area contributed by atoms with Crippen molar-refractivity contribution in [3.63, 3.8) is 0 Å². The van der Waals surface area contributed by atoms with Crippen LogP contribution < -0.4 is 21.3 Å². The van der Waals surface area contributed by atoms with E-state index in [1.54, 1.807) is 13.3 Å². The number of hydrogen-bond donors (Lipinski definition) is 4. The second-order valence-corrected chi connectivity index (χ2v) is 9.72. The second-order valence-electron chi connectivity index (χ2n) is 9.72. The van der Waals surface area contributed by atoms with Gasteiger partial charge in [-0.05, 0) is 56.7 Å². The summed E-state index contributed by atoms with van der Waals surface area (Å²) in [5.74, 6) is -1.26. The molecule has 8 nitrogen and oxygen atoms in total. The molecule has 1 unspecified atom stereocenters. The SMILES string of the molecule is COCCNC1CCC(NC2(NCC3(C#N)CCOCC3)C=C(c3ccccn3)C(F)=CN2)CC1. The number of hydrogen-bond acceptors (Lipinski definition) is 8. The van der Waals surface area contributed by atoms with Crippen LogP contribution in [0.2, 0.25) is 0 Å². The fraction of sp³-hybridized carbons (Fsp3) is 0.615. The lowest BCUT2D eigenvalue weighted by molar-refractivity contribution is 0.0354. The number of dihydropyridines is 1. The maximum atomic E-state index is 14.9. The van der Waals surface area contributed by atoms with E-state index in [0.29, 0.717) is 56.5 Å². The Morgan fingerprint density at radius 3 is 2.69 bits per heavy atom. The Bertz CT molecular complexity index is 920. The first-order valence-electron chi connectivity index (χ1n) is 12.6. The van der Waals surface area contributed by atoms with Gasteiger partial charge in [-0.2, -0.15) is 5.26 Å². The Hall–Kier alpha value is -2.35. The Kier molecular flexibility index (Phi) is 8.87. The number of nitrogens with zero attached hydrogens (tertiary/aromatic N) is 2. The monoisotopic (exact) mass is 484 g/mol. The zero-order valence-corrected chi connectivity index (χ0v) is 20.5. The van der Waals surface area contributed by atoms with E-state index in [1.165, 1.54) is 6.20 Å².